The van der Waals surface area contributed by atoms with Gasteiger partial charge in [0.2, 0.25) is 0 Å². The largest absolute Gasteiger partial charge is 0.312 e. The second kappa shape index (κ2) is 7.27. The second-order valence-corrected chi connectivity index (χ2v) is 6.29. The molecule has 0 bridgehead atoms. The van der Waals surface area contributed by atoms with Crippen molar-refractivity contribution >= 4 is 15.9 Å². The number of nitrogens with one attached hydrogen (secondary N) is 1. The van der Waals surface area contributed by atoms with Gasteiger partial charge in [0, 0.05) is 17.6 Å². The van der Waals surface area contributed by atoms with Gasteiger partial charge in [-0.3, -0.25) is 0 Å². The summed E-state index contributed by atoms with van der Waals surface area (Å²) < 4.78 is 1.15. The number of halogens is 1. The molecule has 1 fully saturated rings. The lowest BCUT2D eigenvalue weighted by Crippen LogP contribution is -2.31. The molecule has 0 saturated carbocycles. The van der Waals surface area contributed by atoms with Crippen LogP contribution in [0.4, 0.5) is 0 Å². The third-order valence-corrected chi connectivity index (χ3v) is 4.03. The normalized spacial score (nSPS) is 18.1. The highest BCUT2D eigenvalue weighted by atomic mass is 79.9. The molecule has 1 unspecified atom stereocenters. The Balaban J connectivity index is 1.63. The number of hydrogen-bond acceptors (Lipinski definition) is 2. The lowest BCUT2D eigenvalue weighted by atomic mass is 10.1. The minimum Gasteiger partial charge on any atom is -0.312 e. The Morgan fingerprint density at radius 1 is 1.22 bits per heavy atom. The fourth-order valence-electron chi connectivity index (χ4n) is 2.54. The SMILES string of the molecule is CC(CNCc1ccc(Br)cc1)CN1CCCC1. The van der Waals surface area contributed by atoms with Gasteiger partial charge in [-0.15, -0.1) is 0 Å². The summed E-state index contributed by atoms with van der Waals surface area (Å²) in [5.41, 5.74) is 1.35. The summed E-state index contributed by atoms with van der Waals surface area (Å²) in [6, 6.07) is 8.54. The highest BCUT2D eigenvalue weighted by Gasteiger charge is 2.14. The van der Waals surface area contributed by atoms with Crippen molar-refractivity contribution in [3.8, 4) is 0 Å². The first kappa shape index (κ1) is 14.0. The minimum atomic E-state index is 0.735. The molecule has 0 radical (unpaired) electrons. The van der Waals surface area contributed by atoms with E-state index in [2.05, 4.69) is 57.3 Å². The van der Waals surface area contributed by atoms with Crippen molar-refractivity contribution < 1.29 is 0 Å². The van der Waals surface area contributed by atoms with Crippen molar-refractivity contribution in [2.75, 3.05) is 26.2 Å². The Bertz CT molecular complexity index is 344. The maximum absolute atomic E-state index is 3.55. The van der Waals surface area contributed by atoms with Crippen LogP contribution >= 0.6 is 15.9 Å². The molecule has 1 saturated heterocycles. The smallest absolute Gasteiger partial charge is 0.0205 e. The Kier molecular flexibility index (Phi) is 5.67. The maximum Gasteiger partial charge on any atom is 0.0205 e. The molecule has 0 aromatic heterocycles. The average molecular weight is 311 g/mol. The summed E-state index contributed by atoms with van der Waals surface area (Å²) in [4.78, 5) is 2.59. The zero-order valence-corrected chi connectivity index (χ0v) is 12.7. The molecule has 1 heterocycles. The number of likely N-dealkylation sites (tertiary alicyclic amines) is 1. The van der Waals surface area contributed by atoms with Crippen LogP contribution in [0.15, 0.2) is 28.7 Å². The van der Waals surface area contributed by atoms with Crippen molar-refractivity contribution in [3.05, 3.63) is 34.3 Å². The lowest BCUT2D eigenvalue weighted by molar-refractivity contribution is 0.282. The molecule has 1 aliphatic rings. The van der Waals surface area contributed by atoms with Crippen LogP contribution in [-0.4, -0.2) is 31.1 Å². The predicted molar refractivity (Wildman–Crippen MR) is 80.7 cm³/mol. The van der Waals surface area contributed by atoms with Gasteiger partial charge >= 0.3 is 0 Å². The van der Waals surface area contributed by atoms with E-state index >= 15 is 0 Å². The molecular weight excluding hydrogens is 288 g/mol. The molecule has 1 atom stereocenters. The van der Waals surface area contributed by atoms with E-state index in [9.17, 15) is 0 Å². The van der Waals surface area contributed by atoms with Gasteiger partial charge in [0.15, 0.2) is 0 Å². The van der Waals surface area contributed by atoms with E-state index in [1.165, 1.54) is 38.0 Å². The monoisotopic (exact) mass is 310 g/mol. The van der Waals surface area contributed by atoms with Crippen LogP contribution in [0.5, 0.6) is 0 Å². The molecule has 3 heteroatoms. The van der Waals surface area contributed by atoms with E-state index in [0.29, 0.717) is 0 Å². The summed E-state index contributed by atoms with van der Waals surface area (Å²) in [5.74, 6) is 0.735. The summed E-state index contributed by atoms with van der Waals surface area (Å²) in [7, 11) is 0. The lowest BCUT2D eigenvalue weighted by Gasteiger charge is -2.20. The molecule has 1 aromatic rings. The quantitative estimate of drug-likeness (QED) is 0.867. The van der Waals surface area contributed by atoms with E-state index in [4.69, 9.17) is 0 Å². The zero-order chi connectivity index (χ0) is 12.8. The van der Waals surface area contributed by atoms with Gasteiger partial charge in [0.1, 0.15) is 0 Å². The number of nitrogens with zero attached hydrogens (tertiary/aromatic N) is 1. The van der Waals surface area contributed by atoms with Gasteiger partial charge in [-0.2, -0.15) is 0 Å². The molecule has 1 aliphatic heterocycles. The topological polar surface area (TPSA) is 15.3 Å². The molecule has 1 N–H and O–H groups in total. The molecule has 0 aliphatic carbocycles. The highest BCUT2D eigenvalue weighted by Crippen LogP contribution is 2.11. The minimum absolute atomic E-state index is 0.735. The van der Waals surface area contributed by atoms with Gasteiger partial charge in [-0.05, 0) is 56.1 Å². The van der Waals surface area contributed by atoms with Crippen LogP contribution in [-0.2, 0) is 6.54 Å². The van der Waals surface area contributed by atoms with Crippen molar-refractivity contribution in [2.24, 2.45) is 5.92 Å². The van der Waals surface area contributed by atoms with Crippen LogP contribution in [0.3, 0.4) is 0 Å². The molecule has 1 aromatic carbocycles. The molecule has 100 valence electrons. The molecular formula is C15H23BrN2. The third kappa shape index (κ3) is 4.71. The van der Waals surface area contributed by atoms with E-state index in [0.717, 1.165) is 23.5 Å². The Labute approximate surface area is 119 Å². The first-order valence-electron chi connectivity index (χ1n) is 6.91. The van der Waals surface area contributed by atoms with Gasteiger partial charge in [-0.25, -0.2) is 0 Å². The van der Waals surface area contributed by atoms with Crippen LogP contribution < -0.4 is 5.32 Å². The zero-order valence-electron chi connectivity index (χ0n) is 11.2. The maximum atomic E-state index is 3.55. The summed E-state index contributed by atoms with van der Waals surface area (Å²) in [6.07, 6.45) is 2.78. The van der Waals surface area contributed by atoms with E-state index in [1.807, 2.05) is 0 Å². The van der Waals surface area contributed by atoms with Crippen molar-refractivity contribution in [1.82, 2.24) is 10.2 Å². The van der Waals surface area contributed by atoms with Crippen molar-refractivity contribution in [3.63, 3.8) is 0 Å². The van der Waals surface area contributed by atoms with E-state index in [-0.39, 0.29) is 0 Å². The average Bonchev–Trinajstić information content (AvgIpc) is 2.84. The Morgan fingerprint density at radius 2 is 1.89 bits per heavy atom. The first-order valence-corrected chi connectivity index (χ1v) is 7.71. The fourth-order valence-corrected chi connectivity index (χ4v) is 2.80. The van der Waals surface area contributed by atoms with Crippen LogP contribution in [0.1, 0.15) is 25.3 Å². The van der Waals surface area contributed by atoms with Crippen LogP contribution in [0, 0.1) is 5.92 Å². The number of hydrogen-bond donors (Lipinski definition) is 1. The Hall–Kier alpha value is -0.380. The predicted octanol–water partition coefficient (Wildman–Crippen LogP) is 3.27. The first-order chi connectivity index (χ1) is 8.74. The van der Waals surface area contributed by atoms with E-state index < -0.39 is 0 Å². The summed E-state index contributed by atoms with van der Waals surface area (Å²) in [5, 5.41) is 3.55. The third-order valence-electron chi connectivity index (χ3n) is 3.50. The summed E-state index contributed by atoms with van der Waals surface area (Å²) in [6.45, 7) is 8.26. The standard InChI is InChI=1S/C15H23BrN2/c1-13(12-18-8-2-3-9-18)10-17-11-14-4-6-15(16)7-5-14/h4-7,13,17H,2-3,8-12H2,1H3. The number of benzene rings is 1. The number of rotatable bonds is 6. The molecule has 2 rings (SSSR count). The van der Waals surface area contributed by atoms with E-state index in [1.54, 1.807) is 0 Å². The summed E-state index contributed by atoms with van der Waals surface area (Å²) >= 11 is 3.46. The molecule has 0 spiro atoms. The fraction of sp³-hybridized carbons (Fsp3) is 0.600. The Morgan fingerprint density at radius 3 is 2.56 bits per heavy atom. The second-order valence-electron chi connectivity index (χ2n) is 5.37. The van der Waals surface area contributed by atoms with Crippen LogP contribution in [0.2, 0.25) is 0 Å². The van der Waals surface area contributed by atoms with Gasteiger partial charge in [0.05, 0.1) is 0 Å². The molecule has 18 heavy (non-hydrogen) atoms. The van der Waals surface area contributed by atoms with Crippen LogP contribution in [0.25, 0.3) is 0 Å². The molecule has 0 amide bonds. The van der Waals surface area contributed by atoms with Gasteiger partial charge in [-0.1, -0.05) is 35.0 Å². The van der Waals surface area contributed by atoms with Gasteiger partial charge < -0.3 is 10.2 Å². The van der Waals surface area contributed by atoms with Crippen molar-refractivity contribution in [1.29, 1.82) is 0 Å². The highest BCUT2D eigenvalue weighted by molar-refractivity contribution is 9.10. The van der Waals surface area contributed by atoms with Gasteiger partial charge in [0.25, 0.3) is 0 Å². The molecule has 2 nitrogen and oxygen atoms in total. The van der Waals surface area contributed by atoms with Crippen molar-refractivity contribution in [2.45, 2.75) is 26.3 Å².